The number of nitriles is 1. The van der Waals surface area contributed by atoms with E-state index in [1.54, 1.807) is 24.5 Å². The van der Waals surface area contributed by atoms with Crippen LogP contribution in [-0.2, 0) is 0 Å². The van der Waals surface area contributed by atoms with Gasteiger partial charge in [0.15, 0.2) is 5.69 Å². The lowest BCUT2D eigenvalue weighted by Gasteiger charge is -2.18. The summed E-state index contributed by atoms with van der Waals surface area (Å²) in [4.78, 5) is 13.0. The molecular formula is C32H18N4. The maximum absolute atomic E-state index is 9.56. The zero-order valence-electron chi connectivity index (χ0n) is 19.2. The molecule has 0 bridgehead atoms. The minimum atomic E-state index is 0.547. The molecule has 4 heteroatoms. The van der Waals surface area contributed by atoms with Gasteiger partial charge in [0, 0.05) is 23.5 Å². The molecule has 0 aliphatic rings. The van der Waals surface area contributed by atoms with Gasteiger partial charge in [-0.15, -0.1) is 0 Å². The van der Waals surface area contributed by atoms with E-state index in [1.807, 2.05) is 42.5 Å². The molecule has 0 aliphatic heterocycles. The van der Waals surface area contributed by atoms with Crippen LogP contribution >= 0.6 is 0 Å². The van der Waals surface area contributed by atoms with Crippen molar-refractivity contribution in [2.75, 3.05) is 0 Å². The highest BCUT2D eigenvalue weighted by atomic mass is 14.7. The fraction of sp³-hybridized carbons (Fsp3) is 0. The maximum Gasteiger partial charge on any atom is 0.190 e. The fourth-order valence-electron chi connectivity index (χ4n) is 4.80. The predicted octanol–water partition coefficient (Wildman–Crippen LogP) is 8.21. The van der Waals surface area contributed by atoms with E-state index in [0.29, 0.717) is 11.3 Å². The zero-order chi connectivity index (χ0) is 24.5. The van der Waals surface area contributed by atoms with Crippen LogP contribution in [0.15, 0.2) is 109 Å². The van der Waals surface area contributed by atoms with Crippen LogP contribution < -0.4 is 0 Å². The summed E-state index contributed by atoms with van der Waals surface area (Å²) < 4.78 is 0. The normalized spacial score (nSPS) is 10.7. The van der Waals surface area contributed by atoms with Crippen LogP contribution in [-0.4, -0.2) is 9.97 Å². The number of fused-ring (bicyclic) bond motifs is 2. The molecule has 2 heterocycles. The molecule has 4 nitrogen and oxygen atoms in total. The van der Waals surface area contributed by atoms with Crippen LogP contribution in [0.3, 0.4) is 0 Å². The molecule has 0 atom stereocenters. The van der Waals surface area contributed by atoms with Gasteiger partial charge in [-0.2, -0.15) is 5.26 Å². The average molecular weight is 459 g/mol. The van der Waals surface area contributed by atoms with Crippen LogP contribution in [0.2, 0.25) is 0 Å². The monoisotopic (exact) mass is 458 g/mol. The molecule has 0 aliphatic carbocycles. The number of hydrogen-bond acceptors (Lipinski definition) is 3. The molecule has 0 amide bonds. The first-order chi connectivity index (χ1) is 17.8. The third-order valence-electron chi connectivity index (χ3n) is 6.41. The Morgan fingerprint density at radius 1 is 0.611 bits per heavy atom. The fourth-order valence-corrected chi connectivity index (χ4v) is 4.80. The first kappa shape index (κ1) is 21.2. The summed E-state index contributed by atoms with van der Waals surface area (Å²) in [6.45, 7) is 7.50. The van der Waals surface area contributed by atoms with E-state index < -0.39 is 0 Å². The van der Waals surface area contributed by atoms with Gasteiger partial charge in [0.05, 0.1) is 29.6 Å². The summed E-state index contributed by atoms with van der Waals surface area (Å²) in [6.07, 6.45) is 3.37. The van der Waals surface area contributed by atoms with Crippen LogP contribution in [0.25, 0.3) is 60.0 Å². The molecule has 0 spiro atoms. The van der Waals surface area contributed by atoms with Crippen molar-refractivity contribution in [3.63, 3.8) is 0 Å². The second-order valence-corrected chi connectivity index (χ2v) is 8.47. The van der Waals surface area contributed by atoms with Crippen molar-refractivity contribution in [2.45, 2.75) is 0 Å². The molecule has 0 saturated heterocycles. The maximum atomic E-state index is 9.56. The Bertz CT molecular complexity index is 1860. The Morgan fingerprint density at radius 2 is 1.25 bits per heavy atom. The topological polar surface area (TPSA) is 53.9 Å². The summed E-state index contributed by atoms with van der Waals surface area (Å²) in [6, 6.07) is 34.3. The third kappa shape index (κ3) is 3.55. The quantitative estimate of drug-likeness (QED) is 0.198. The lowest BCUT2D eigenvalue weighted by molar-refractivity contribution is 1.32. The van der Waals surface area contributed by atoms with Crippen molar-refractivity contribution in [1.82, 2.24) is 9.97 Å². The van der Waals surface area contributed by atoms with Crippen molar-refractivity contribution < 1.29 is 0 Å². The Labute approximate surface area is 208 Å². The highest BCUT2D eigenvalue weighted by Crippen LogP contribution is 2.44. The first-order valence-electron chi connectivity index (χ1n) is 11.5. The molecule has 4 aromatic carbocycles. The van der Waals surface area contributed by atoms with Gasteiger partial charge in [-0.05, 0) is 63.0 Å². The highest BCUT2D eigenvalue weighted by molar-refractivity contribution is 6.21. The van der Waals surface area contributed by atoms with E-state index in [1.165, 1.54) is 0 Å². The Morgan fingerprint density at radius 3 is 1.97 bits per heavy atom. The van der Waals surface area contributed by atoms with Gasteiger partial charge in [-0.25, -0.2) is 4.85 Å². The smallest absolute Gasteiger partial charge is 0.190 e. The lowest BCUT2D eigenvalue weighted by Crippen LogP contribution is -1.94. The van der Waals surface area contributed by atoms with E-state index in [2.05, 4.69) is 63.3 Å². The summed E-state index contributed by atoms with van der Waals surface area (Å²) in [5, 5.41) is 13.6. The van der Waals surface area contributed by atoms with Crippen LogP contribution in [0.1, 0.15) is 5.56 Å². The highest BCUT2D eigenvalue weighted by Gasteiger charge is 2.19. The van der Waals surface area contributed by atoms with Gasteiger partial charge in [0.1, 0.15) is 0 Å². The number of pyridine rings is 2. The van der Waals surface area contributed by atoms with Crippen LogP contribution in [0, 0.1) is 17.9 Å². The zero-order valence-corrected chi connectivity index (χ0v) is 19.2. The molecule has 2 aromatic heterocycles. The van der Waals surface area contributed by atoms with Gasteiger partial charge in [-0.3, -0.25) is 9.97 Å². The van der Waals surface area contributed by atoms with Gasteiger partial charge < -0.3 is 0 Å². The van der Waals surface area contributed by atoms with Crippen molar-refractivity contribution >= 4 is 27.2 Å². The largest absolute Gasteiger partial charge is 0.259 e. The molecule has 166 valence electrons. The number of aromatic nitrogens is 2. The minimum absolute atomic E-state index is 0.547. The third-order valence-corrected chi connectivity index (χ3v) is 6.41. The Kier molecular flexibility index (Phi) is 5.19. The van der Waals surface area contributed by atoms with E-state index in [-0.39, 0.29) is 0 Å². The number of benzene rings is 4. The molecule has 0 saturated carbocycles. The number of nitrogens with zero attached hydrogens (tertiary/aromatic N) is 4. The Balaban J connectivity index is 1.79. The molecule has 36 heavy (non-hydrogen) atoms. The predicted molar refractivity (Wildman–Crippen MR) is 144 cm³/mol. The second-order valence-electron chi connectivity index (χ2n) is 8.47. The van der Waals surface area contributed by atoms with E-state index in [0.717, 1.165) is 55.2 Å². The summed E-state index contributed by atoms with van der Waals surface area (Å²) in [5.74, 6) is 0. The van der Waals surface area contributed by atoms with E-state index >= 15 is 0 Å². The standard InChI is InChI=1S/C32H18N4/c1-34-24-14-16-36-30(19-24)31-25-9-5-6-10-26(25)32(29-17-21(20-33)13-15-35-29)28-18-23(11-12-27(28)31)22-7-3-2-4-8-22/h2-19H. The summed E-state index contributed by atoms with van der Waals surface area (Å²) in [5.41, 5.74) is 6.76. The Hall–Kier alpha value is -5.32. The summed E-state index contributed by atoms with van der Waals surface area (Å²) in [7, 11) is 0. The molecular weight excluding hydrogens is 440 g/mol. The van der Waals surface area contributed by atoms with Crippen LogP contribution in [0.4, 0.5) is 5.69 Å². The van der Waals surface area contributed by atoms with E-state index in [9.17, 15) is 5.26 Å². The average Bonchev–Trinajstić information content (AvgIpc) is 2.96. The molecule has 0 unspecified atom stereocenters. The molecule has 6 aromatic rings. The molecule has 0 radical (unpaired) electrons. The van der Waals surface area contributed by atoms with E-state index in [4.69, 9.17) is 6.57 Å². The second kappa shape index (κ2) is 8.80. The van der Waals surface area contributed by atoms with Crippen molar-refractivity contribution in [3.8, 4) is 39.7 Å². The van der Waals surface area contributed by atoms with Crippen LogP contribution in [0.5, 0.6) is 0 Å². The first-order valence-corrected chi connectivity index (χ1v) is 11.5. The molecule has 0 N–H and O–H groups in total. The van der Waals surface area contributed by atoms with Gasteiger partial charge in [-0.1, -0.05) is 66.7 Å². The van der Waals surface area contributed by atoms with Crippen molar-refractivity contribution in [2.24, 2.45) is 0 Å². The van der Waals surface area contributed by atoms with Crippen molar-refractivity contribution in [1.29, 1.82) is 5.26 Å². The lowest BCUT2D eigenvalue weighted by atomic mass is 9.87. The van der Waals surface area contributed by atoms with Gasteiger partial charge in [0.25, 0.3) is 0 Å². The van der Waals surface area contributed by atoms with Gasteiger partial charge >= 0.3 is 0 Å². The SMILES string of the molecule is [C-]#[N+]c1ccnc(-c2c3ccccc3c(-c3cc(C#N)ccn3)c3cc(-c4ccccc4)ccc23)c1. The number of rotatable bonds is 3. The van der Waals surface area contributed by atoms with Gasteiger partial charge in [0.2, 0.25) is 0 Å². The molecule has 0 fully saturated rings. The minimum Gasteiger partial charge on any atom is -0.259 e. The molecule has 6 rings (SSSR count). The summed E-state index contributed by atoms with van der Waals surface area (Å²) >= 11 is 0. The van der Waals surface area contributed by atoms with Crippen molar-refractivity contribution in [3.05, 3.63) is 126 Å². The number of hydrogen-bond donors (Lipinski definition) is 0.